The van der Waals surface area contributed by atoms with Crippen LogP contribution in [-0.2, 0) is 0 Å². The maximum atomic E-state index is 4.84. The minimum atomic E-state index is 0.386. The van der Waals surface area contributed by atoms with Gasteiger partial charge in [0, 0.05) is 12.2 Å². The highest BCUT2D eigenvalue weighted by molar-refractivity contribution is 5.75. The van der Waals surface area contributed by atoms with Crippen LogP contribution in [0.3, 0.4) is 0 Å². The van der Waals surface area contributed by atoms with Gasteiger partial charge in [0.05, 0.1) is 17.8 Å². The molecule has 2 aromatic rings. The van der Waals surface area contributed by atoms with Crippen LogP contribution in [0.5, 0.6) is 0 Å². The third-order valence-electron chi connectivity index (χ3n) is 3.91. The Morgan fingerprint density at radius 2 is 2.21 bits per heavy atom. The highest BCUT2D eigenvalue weighted by Gasteiger charge is 2.22. The molecule has 0 radical (unpaired) electrons. The van der Waals surface area contributed by atoms with E-state index in [9.17, 15) is 0 Å². The maximum Gasteiger partial charge on any atom is 0.127 e. The van der Waals surface area contributed by atoms with Gasteiger partial charge in [-0.15, -0.1) is 0 Å². The molecule has 102 valence electrons. The molecule has 3 rings (SSSR count). The fourth-order valence-electron chi connectivity index (χ4n) is 3.01. The van der Waals surface area contributed by atoms with E-state index >= 15 is 0 Å². The third-order valence-corrected chi connectivity index (χ3v) is 3.91. The van der Waals surface area contributed by atoms with Crippen LogP contribution in [0.2, 0.25) is 0 Å². The van der Waals surface area contributed by atoms with Crippen molar-refractivity contribution in [2.24, 2.45) is 0 Å². The minimum absolute atomic E-state index is 0.386. The fraction of sp³-hybridized carbons (Fsp3) is 0.600. The second kappa shape index (κ2) is 5.29. The Hall–Kier alpha value is -1.42. The number of hydrogen-bond donors (Lipinski definition) is 1. The van der Waals surface area contributed by atoms with E-state index in [0.717, 1.165) is 12.1 Å². The molecule has 0 bridgehead atoms. The summed E-state index contributed by atoms with van der Waals surface area (Å²) in [4.78, 5) is 9.03. The molecular formula is C15H22N4. The van der Waals surface area contributed by atoms with Crippen molar-refractivity contribution in [2.45, 2.75) is 51.6 Å². The first kappa shape index (κ1) is 12.6. The van der Waals surface area contributed by atoms with Gasteiger partial charge in [0.1, 0.15) is 11.3 Å². The molecule has 1 saturated heterocycles. The summed E-state index contributed by atoms with van der Waals surface area (Å²) in [5.41, 5.74) is 2.21. The van der Waals surface area contributed by atoms with Crippen molar-refractivity contribution in [1.29, 1.82) is 0 Å². The predicted octanol–water partition coefficient (Wildman–Crippen LogP) is 3.22. The van der Waals surface area contributed by atoms with Crippen molar-refractivity contribution in [2.75, 3.05) is 6.54 Å². The van der Waals surface area contributed by atoms with Crippen LogP contribution in [0.1, 0.15) is 57.4 Å². The van der Waals surface area contributed by atoms with E-state index in [2.05, 4.69) is 34.8 Å². The average molecular weight is 258 g/mol. The number of rotatable bonds is 2. The summed E-state index contributed by atoms with van der Waals surface area (Å²) in [6, 6.07) is 2.88. The molecule has 19 heavy (non-hydrogen) atoms. The van der Waals surface area contributed by atoms with E-state index < -0.39 is 0 Å². The van der Waals surface area contributed by atoms with Gasteiger partial charge >= 0.3 is 0 Å². The summed E-state index contributed by atoms with van der Waals surface area (Å²) in [7, 11) is 0. The zero-order chi connectivity index (χ0) is 13.2. The zero-order valence-corrected chi connectivity index (χ0v) is 11.8. The molecule has 1 fully saturated rings. The topological polar surface area (TPSA) is 42.7 Å². The number of aromatic nitrogens is 3. The lowest BCUT2D eigenvalue weighted by Crippen LogP contribution is -2.24. The summed E-state index contributed by atoms with van der Waals surface area (Å²) in [6.45, 7) is 5.55. The van der Waals surface area contributed by atoms with Gasteiger partial charge in [-0.05, 0) is 39.3 Å². The quantitative estimate of drug-likeness (QED) is 0.899. The molecule has 1 aliphatic rings. The van der Waals surface area contributed by atoms with Crippen molar-refractivity contribution in [3.05, 3.63) is 24.3 Å². The molecule has 0 aliphatic carbocycles. The third kappa shape index (κ3) is 2.37. The molecule has 3 heterocycles. The standard InChI is InChI=1S/C15H22N4/c1-11(2)19-14-7-9-16-10-13(14)18-15(19)12-6-4-3-5-8-17-12/h7,9-12,17H,3-6,8H2,1-2H3. The lowest BCUT2D eigenvalue weighted by molar-refractivity contribution is 0.464. The molecule has 0 aromatic carbocycles. The monoisotopic (exact) mass is 258 g/mol. The molecule has 0 spiro atoms. The molecule has 4 heteroatoms. The van der Waals surface area contributed by atoms with Crippen LogP contribution in [0.25, 0.3) is 11.0 Å². The van der Waals surface area contributed by atoms with Crippen LogP contribution >= 0.6 is 0 Å². The lowest BCUT2D eigenvalue weighted by Gasteiger charge is -2.20. The summed E-state index contributed by atoms with van der Waals surface area (Å²) >= 11 is 0. The largest absolute Gasteiger partial charge is 0.324 e. The van der Waals surface area contributed by atoms with Crippen LogP contribution in [0, 0.1) is 0 Å². The van der Waals surface area contributed by atoms with E-state index in [1.807, 2.05) is 12.4 Å². The number of nitrogens with one attached hydrogen (secondary N) is 1. The highest BCUT2D eigenvalue weighted by Crippen LogP contribution is 2.28. The molecule has 2 aromatic heterocycles. The van der Waals surface area contributed by atoms with E-state index in [-0.39, 0.29) is 0 Å². The molecule has 4 nitrogen and oxygen atoms in total. The summed E-state index contributed by atoms with van der Waals surface area (Å²) in [6.07, 6.45) is 8.80. The average Bonchev–Trinajstić information content (AvgIpc) is 2.59. The zero-order valence-electron chi connectivity index (χ0n) is 11.8. The van der Waals surface area contributed by atoms with Crippen LogP contribution in [0.4, 0.5) is 0 Å². The first-order valence-corrected chi connectivity index (χ1v) is 7.32. The van der Waals surface area contributed by atoms with Crippen molar-refractivity contribution in [1.82, 2.24) is 19.9 Å². The van der Waals surface area contributed by atoms with Crippen molar-refractivity contribution in [3.63, 3.8) is 0 Å². The lowest BCUT2D eigenvalue weighted by atomic mass is 10.1. The summed E-state index contributed by atoms with van der Waals surface area (Å²) in [5.74, 6) is 1.18. The Labute approximate surface area is 114 Å². The van der Waals surface area contributed by atoms with Crippen molar-refractivity contribution in [3.8, 4) is 0 Å². The van der Waals surface area contributed by atoms with Gasteiger partial charge in [-0.25, -0.2) is 4.98 Å². The van der Waals surface area contributed by atoms with Crippen molar-refractivity contribution < 1.29 is 0 Å². The van der Waals surface area contributed by atoms with E-state index in [0.29, 0.717) is 12.1 Å². The van der Waals surface area contributed by atoms with Gasteiger partial charge in [-0.3, -0.25) is 4.98 Å². The second-order valence-corrected chi connectivity index (χ2v) is 5.65. The van der Waals surface area contributed by atoms with Crippen LogP contribution in [-0.4, -0.2) is 21.1 Å². The first-order chi connectivity index (χ1) is 9.27. The molecule has 1 aliphatic heterocycles. The van der Waals surface area contributed by atoms with Gasteiger partial charge < -0.3 is 9.88 Å². The molecule has 1 N–H and O–H groups in total. The Morgan fingerprint density at radius 3 is 3.05 bits per heavy atom. The van der Waals surface area contributed by atoms with Crippen molar-refractivity contribution >= 4 is 11.0 Å². The van der Waals surface area contributed by atoms with E-state index in [1.54, 1.807) is 0 Å². The number of imidazole rings is 1. The van der Waals surface area contributed by atoms with E-state index in [4.69, 9.17) is 4.98 Å². The van der Waals surface area contributed by atoms with Gasteiger partial charge in [-0.2, -0.15) is 0 Å². The Kier molecular flexibility index (Phi) is 3.51. The summed E-state index contributed by atoms with van der Waals surface area (Å²) < 4.78 is 2.36. The number of nitrogens with zero attached hydrogens (tertiary/aromatic N) is 3. The van der Waals surface area contributed by atoms with Gasteiger partial charge in [0.15, 0.2) is 0 Å². The smallest absolute Gasteiger partial charge is 0.127 e. The molecule has 0 saturated carbocycles. The number of fused-ring (bicyclic) bond motifs is 1. The predicted molar refractivity (Wildman–Crippen MR) is 77.1 cm³/mol. The number of pyridine rings is 1. The minimum Gasteiger partial charge on any atom is -0.324 e. The molecule has 0 amide bonds. The summed E-state index contributed by atoms with van der Waals surface area (Å²) in [5, 5.41) is 3.65. The maximum absolute atomic E-state index is 4.84. The van der Waals surface area contributed by atoms with Gasteiger partial charge in [-0.1, -0.05) is 12.8 Å². The molecule has 1 unspecified atom stereocenters. The SMILES string of the molecule is CC(C)n1c(C2CCCCCN2)nc2cnccc21. The first-order valence-electron chi connectivity index (χ1n) is 7.32. The van der Waals surface area contributed by atoms with Gasteiger partial charge in [0.2, 0.25) is 0 Å². The Morgan fingerprint density at radius 1 is 1.32 bits per heavy atom. The van der Waals surface area contributed by atoms with Crippen LogP contribution in [0.15, 0.2) is 18.5 Å². The Bertz CT molecular complexity index is 550. The second-order valence-electron chi connectivity index (χ2n) is 5.65. The van der Waals surface area contributed by atoms with E-state index in [1.165, 1.54) is 37.0 Å². The molecular weight excluding hydrogens is 236 g/mol. The highest BCUT2D eigenvalue weighted by atomic mass is 15.1. The van der Waals surface area contributed by atoms with Gasteiger partial charge in [0.25, 0.3) is 0 Å². The van der Waals surface area contributed by atoms with Crippen LogP contribution < -0.4 is 5.32 Å². The number of hydrogen-bond acceptors (Lipinski definition) is 3. The normalized spacial score (nSPS) is 20.9. The Balaban J connectivity index is 2.08. The fourth-order valence-corrected chi connectivity index (χ4v) is 3.01. The molecule has 1 atom stereocenters.